The lowest BCUT2D eigenvalue weighted by Gasteiger charge is -2.27. The fourth-order valence-corrected chi connectivity index (χ4v) is 1.91. The molecule has 0 heterocycles. The van der Waals surface area contributed by atoms with Gasteiger partial charge in [-0.05, 0) is 30.5 Å². The molecule has 0 saturated heterocycles. The summed E-state index contributed by atoms with van der Waals surface area (Å²) in [7, 11) is 3.41. The van der Waals surface area contributed by atoms with Gasteiger partial charge in [0.1, 0.15) is 0 Å². The molecular weight excluding hydrogens is 231 g/mol. The van der Waals surface area contributed by atoms with E-state index in [0.29, 0.717) is 18.4 Å². The predicted octanol–water partition coefficient (Wildman–Crippen LogP) is 2.50. The number of rotatable bonds is 6. The molecule has 1 rings (SSSR count). The first kappa shape index (κ1) is 14.8. The number of methoxy groups -OCH3 is 1. The lowest BCUT2D eigenvalue weighted by molar-refractivity contribution is 0.385. The van der Waals surface area contributed by atoms with E-state index in [2.05, 4.69) is 13.8 Å². The molecule has 1 atom stereocenters. The maximum Gasteiger partial charge on any atom is 0.167 e. The van der Waals surface area contributed by atoms with Crippen molar-refractivity contribution in [2.24, 2.45) is 17.6 Å². The van der Waals surface area contributed by atoms with Crippen LogP contribution in [0.15, 0.2) is 18.2 Å². The van der Waals surface area contributed by atoms with Gasteiger partial charge in [-0.15, -0.1) is 0 Å². The normalized spacial score (nSPS) is 12.6. The molecule has 0 amide bonds. The van der Waals surface area contributed by atoms with Crippen LogP contribution in [-0.2, 0) is 0 Å². The zero-order chi connectivity index (χ0) is 13.7. The van der Waals surface area contributed by atoms with E-state index in [1.54, 1.807) is 6.07 Å². The van der Waals surface area contributed by atoms with Gasteiger partial charge in [0, 0.05) is 25.3 Å². The Morgan fingerprint density at radius 1 is 1.39 bits per heavy atom. The molecule has 1 unspecified atom stereocenters. The molecule has 102 valence electrons. The second kappa shape index (κ2) is 6.59. The molecule has 4 heteroatoms. The zero-order valence-electron chi connectivity index (χ0n) is 11.6. The van der Waals surface area contributed by atoms with Crippen molar-refractivity contribution >= 4 is 5.69 Å². The number of nitrogens with two attached hydrogens (primary N) is 1. The first-order valence-corrected chi connectivity index (χ1v) is 6.24. The highest BCUT2D eigenvalue weighted by Gasteiger charge is 2.15. The Morgan fingerprint density at radius 3 is 2.50 bits per heavy atom. The molecule has 1 aromatic rings. The minimum Gasteiger partial charge on any atom is -0.494 e. The Balaban J connectivity index is 2.77. The van der Waals surface area contributed by atoms with Gasteiger partial charge in [0.05, 0.1) is 7.11 Å². The lowest BCUT2D eigenvalue weighted by Crippen LogP contribution is -2.33. The average Bonchev–Trinajstić information content (AvgIpc) is 2.35. The summed E-state index contributed by atoms with van der Waals surface area (Å²) < 4.78 is 18.5. The van der Waals surface area contributed by atoms with E-state index in [4.69, 9.17) is 10.5 Å². The van der Waals surface area contributed by atoms with E-state index in [-0.39, 0.29) is 11.6 Å². The predicted molar refractivity (Wildman–Crippen MR) is 73.6 cm³/mol. The molecule has 2 N–H and O–H groups in total. The summed E-state index contributed by atoms with van der Waals surface area (Å²) in [6.45, 7) is 5.76. The van der Waals surface area contributed by atoms with Crippen LogP contribution in [0.1, 0.15) is 13.8 Å². The Morgan fingerprint density at radius 2 is 2.06 bits per heavy atom. The van der Waals surface area contributed by atoms with Gasteiger partial charge in [-0.1, -0.05) is 13.8 Å². The van der Waals surface area contributed by atoms with Crippen LogP contribution < -0.4 is 15.4 Å². The maximum absolute atomic E-state index is 13.6. The molecule has 1 aromatic carbocycles. The second-order valence-corrected chi connectivity index (χ2v) is 4.94. The average molecular weight is 254 g/mol. The molecule has 0 aliphatic rings. The Labute approximate surface area is 109 Å². The van der Waals surface area contributed by atoms with E-state index in [1.165, 1.54) is 13.2 Å². The summed E-state index contributed by atoms with van der Waals surface area (Å²) in [5.41, 5.74) is 6.60. The summed E-state index contributed by atoms with van der Waals surface area (Å²) in [6.07, 6.45) is 0. The highest BCUT2D eigenvalue weighted by molar-refractivity contribution is 5.49. The van der Waals surface area contributed by atoms with Crippen molar-refractivity contribution in [3.63, 3.8) is 0 Å². The first-order valence-electron chi connectivity index (χ1n) is 6.24. The molecule has 3 nitrogen and oxygen atoms in total. The number of halogens is 1. The van der Waals surface area contributed by atoms with E-state index in [1.807, 2.05) is 18.0 Å². The van der Waals surface area contributed by atoms with E-state index < -0.39 is 0 Å². The van der Waals surface area contributed by atoms with Crippen LogP contribution in [0.4, 0.5) is 10.1 Å². The first-order chi connectivity index (χ1) is 8.49. The summed E-state index contributed by atoms with van der Waals surface area (Å²) in [5.74, 6) is 0.850. The van der Waals surface area contributed by atoms with Gasteiger partial charge in [0.15, 0.2) is 11.6 Å². The van der Waals surface area contributed by atoms with Crippen LogP contribution >= 0.6 is 0 Å². The smallest absolute Gasteiger partial charge is 0.167 e. The van der Waals surface area contributed by atoms with E-state index >= 15 is 0 Å². The number of anilines is 1. The Hall–Kier alpha value is -1.29. The van der Waals surface area contributed by atoms with Crippen molar-refractivity contribution in [2.45, 2.75) is 13.8 Å². The molecule has 0 radical (unpaired) electrons. The van der Waals surface area contributed by atoms with E-state index in [0.717, 1.165) is 12.2 Å². The van der Waals surface area contributed by atoms with Crippen molar-refractivity contribution in [1.29, 1.82) is 0 Å². The molecule has 0 aromatic heterocycles. The zero-order valence-corrected chi connectivity index (χ0v) is 11.6. The summed E-state index contributed by atoms with van der Waals surface area (Å²) in [6, 6.07) is 5.00. The van der Waals surface area contributed by atoms with Gasteiger partial charge < -0.3 is 15.4 Å². The van der Waals surface area contributed by atoms with Crippen LogP contribution in [0.3, 0.4) is 0 Å². The van der Waals surface area contributed by atoms with Gasteiger partial charge in [-0.3, -0.25) is 0 Å². The van der Waals surface area contributed by atoms with Crippen molar-refractivity contribution < 1.29 is 9.13 Å². The minimum absolute atomic E-state index is 0.270. The number of hydrogen-bond acceptors (Lipinski definition) is 3. The van der Waals surface area contributed by atoms with Crippen LogP contribution in [0.2, 0.25) is 0 Å². The molecule has 0 aliphatic heterocycles. The highest BCUT2D eigenvalue weighted by Crippen LogP contribution is 2.24. The van der Waals surface area contributed by atoms with Gasteiger partial charge >= 0.3 is 0 Å². The molecule has 18 heavy (non-hydrogen) atoms. The number of nitrogens with zero attached hydrogens (tertiary/aromatic N) is 1. The molecular formula is C14H23FN2O. The van der Waals surface area contributed by atoms with Gasteiger partial charge in [0.2, 0.25) is 0 Å². The second-order valence-electron chi connectivity index (χ2n) is 4.94. The SMILES string of the molecule is COc1ccc(N(C)CC(CN)C(C)C)cc1F. The Bertz CT molecular complexity index is 382. The van der Waals surface area contributed by atoms with Crippen LogP contribution in [0, 0.1) is 17.7 Å². The largest absolute Gasteiger partial charge is 0.494 e. The quantitative estimate of drug-likeness (QED) is 0.847. The van der Waals surface area contributed by atoms with Crippen molar-refractivity contribution in [1.82, 2.24) is 0 Å². The maximum atomic E-state index is 13.6. The number of hydrogen-bond donors (Lipinski definition) is 1. The number of benzene rings is 1. The summed E-state index contributed by atoms with van der Waals surface area (Å²) in [4.78, 5) is 2.03. The third-order valence-corrected chi connectivity index (χ3v) is 3.33. The fraction of sp³-hybridized carbons (Fsp3) is 0.571. The third kappa shape index (κ3) is 3.60. The van der Waals surface area contributed by atoms with Crippen molar-refractivity contribution in [3.05, 3.63) is 24.0 Å². The molecule has 0 saturated carbocycles. The van der Waals surface area contributed by atoms with Gasteiger partial charge in [0.25, 0.3) is 0 Å². The van der Waals surface area contributed by atoms with Crippen molar-refractivity contribution in [3.8, 4) is 5.75 Å². The lowest BCUT2D eigenvalue weighted by atomic mass is 9.95. The Kier molecular flexibility index (Phi) is 5.41. The van der Waals surface area contributed by atoms with Crippen LogP contribution in [-0.4, -0.2) is 27.2 Å². The number of ether oxygens (including phenoxy) is 1. The molecule has 0 spiro atoms. The fourth-order valence-electron chi connectivity index (χ4n) is 1.91. The summed E-state index contributed by atoms with van der Waals surface area (Å²) >= 11 is 0. The van der Waals surface area contributed by atoms with Crippen molar-refractivity contribution in [2.75, 3.05) is 32.1 Å². The highest BCUT2D eigenvalue weighted by atomic mass is 19.1. The standard InChI is InChI=1S/C14H23FN2O/c1-10(2)11(8-16)9-17(3)12-5-6-14(18-4)13(15)7-12/h5-7,10-11H,8-9,16H2,1-4H3. The van der Waals surface area contributed by atoms with E-state index in [9.17, 15) is 4.39 Å². The van der Waals surface area contributed by atoms with Crippen LogP contribution in [0.5, 0.6) is 5.75 Å². The monoisotopic (exact) mass is 254 g/mol. The van der Waals surface area contributed by atoms with Gasteiger partial charge in [-0.2, -0.15) is 0 Å². The molecule has 0 fully saturated rings. The van der Waals surface area contributed by atoms with Gasteiger partial charge in [-0.25, -0.2) is 4.39 Å². The topological polar surface area (TPSA) is 38.5 Å². The molecule has 0 bridgehead atoms. The third-order valence-electron chi connectivity index (χ3n) is 3.33. The van der Waals surface area contributed by atoms with Crippen LogP contribution in [0.25, 0.3) is 0 Å². The summed E-state index contributed by atoms with van der Waals surface area (Å²) in [5, 5.41) is 0. The minimum atomic E-state index is -0.337. The molecule has 0 aliphatic carbocycles.